The van der Waals surface area contributed by atoms with Crippen LogP contribution in [-0.4, -0.2) is 9.55 Å². The maximum Gasteiger partial charge on any atom is 0.0998 e. The van der Waals surface area contributed by atoms with Gasteiger partial charge in [0.1, 0.15) is 0 Å². The van der Waals surface area contributed by atoms with Crippen LogP contribution in [-0.2, 0) is 18.7 Å². The van der Waals surface area contributed by atoms with Crippen molar-refractivity contribution < 1.29 is 0 Å². The first kappa shape index (κ1) is 12.1. The van der Waals surface area contributed by atoms with Gasteiger partial charge in [-0.15, -0.1) is 11.6 Å². The van der Waals surface area contributed by atoms with E-state index < -0.39 is 0 Å². The van der Waals surface area contributed by atoms with E-state index in [1.54, 1.807) is 0 Å². The second-order valence-corrected chi connectivity index (χ2v) is 5.31. The first-order chi connectivity index (χ1) is 8.79. The second-order valence-electron chi connectivity index (χ2n) is 4.63. The van der Waals surface area contributed by atoms with Crippen LogP contribution in [0.25, 0.3) is 5.69 Å². The number of imidazole rings is 1. The lowest BCUT2D eigenvalue weighted by Gasteiger charge is -2.15. The summed E-state index contributed by atoms with van der Waals surface area (Å²) in [7, 11) is 0. The first-order valence-electron chi connectivity index (χ1n) is 6.19. The SMILES string of the molecule is ClCc1ccc(-n2cnc3c2CCCC3)c(Cl)c1. The highest BCUT2D eigenvalue weighted by atomic mass is 35.5. The van der Waals surface area contributed by atoms with Gasteiger partial charge in [-0.2, -0.15) is 0 Å². The largest absolute Gasteiger partial charge is 0.301 e. The van der Waals surface area contributed by atoms with Crippen molar-refractivity contribution in [3.05, 3.63) is 46.5 Å². The van der Waals surface area contributed by atoms with Gasteiger partial charge < -0.3 is 4.57 Å². The van der Waals surface area contributed by atoms with Crippen LogP contribution in [0.1, 0.15) is 29.8 Å². The van der Waals surface area contributed by atoms with E-state index in [4.69, 9.17) is 23.2 Å². The molecule has 0 amide bonds. The molecule has 0 saturated heterocycles. The quantitative estimate of drug-likeness (QED) is 0.756. The molecule has 18 heavy (non-hydrogen) atoms. The Kier molecular flexibility index (Phi) is 3.31. The molecule has 0 radical (unpaired) electrons. The van der Waals surface area contributed by atoms with E-state index in [9.17, 15) is 0 Å². The second kappa shape index (κ2) is 4.94. The van der Waals surface area contributed by atoms with Gasteiger partial charge in [0.2, 0.25) is 0 Å². The zero-order chi connectivity index (χ0) is 12.5. The Hall–Kier alpha value is -0.990. The average molecular weight is 281 g/mol. The van der Waals surface area contributed by atoms with Crippen molar-refractivity contribution in [3.63, 3.8) is 0 Å². The topological polar surface area (TPSA) is 17.8 Å². The fourth-order valence-corrected chi connectivity index (χ4v) is 2.97. The summed E-state index contributed by atoms with van der Waals surface area (Å²) >= 11 is 12.1. The Morgan fingerprint density at radius 2 is 2.06 bits per heavy atom. The minimum atomic E-state index is 0.488. The maximum atomic E-state index is 6.33. The highest BCUT2D eigenvalue weighted by Gasteiger charge is 2.17. The van der Waals surface area contributed by atoms with Gasteiger partial charge in [-0.1, -0.05) is 17.7 Å². The van der Waals surface area contributed by atoms with Gasteiger partial charge in [0.05, 0.1) is 22.7 Å². The summed E-state index contributed by atoms with van der Waals surface area (Å²) in [6.07, 6.45) is 6.53. The monoisotopic (exact) mass is 280 g/mol. The van der Waals surface area contributed by atoms with Crippen LogP contribution in [0, 0.1) is 0 Å². The van der Waals surface area contributed by atoms with Crippen LogP contribution in [0.5, 0.6) is 0 Å². The first-order valence-corrected chi connectivity index (χ1v) is 7.10. The van der Waals surface area contributed by atoms with Gasteiger partial charge >= 0.3 is 0 Å². The van der Waals surface area contributed by atoms with Crippen molar-refractivity contribution >= 4 is 23.2 Å². The number of fused-ring (bicyclic) bond motifs is 1. The molecule has 1 aromatic heterocycles. The molecule has 1 aliphatic rings. The molecule has 2 nitrogen and oxygen atoms in total. The van der Waals surface area contributed by atoms with E-state index in [1.165, 1.54) is 24.2 Å². The zero-order valence-electron chi connectivity index (χ0n) is 10.00. The van der Waals surface area contributed by atoms with Crippen LogP contribution >= 0.6 is 23.2 Å². The molecule has 0 spiro atoms. The lowest BCUT2D eigenvalue weighted by Crippen LogP contribution is -2.07. The third-order valence-corrected chi connectivity index (χ3v) is 4.07. The Balaban J connectivity index is 2.07. The van der Waals surface area contributed by atoms with Crippen LogP contribution in [0.15, 0.2) is 24.5 Å². The number of benzene rings is 1. The lowest BCUT2D eigenvalue weighted by atomic mass is 10.0. The van der Waals surface area contributed by atoms with Crippen LogP contribution in [0.4, 0.5) is 0 Å². The van der Waals surface area contributed by atoms with E-state index >= 15 is 0 Å². The summed E-state index contributed by atoms with van der Waals surface area (Å²) in [5, 5.41) is 0.735. The standard InChI is InChI=1S/C14H14Cl2N2/c15-8-10-5-6-13(11(16)7-10)18-9-17-12-3-1-2-4-14(12)18/h5-7,9H,1-4,8H2. The van der Waals surface area contributed by atoms with Crippen molar-refractivity contribution in [3.8, 4) is 5.69 Å². The Bertz CT molecular complexity index is 575. The number of aromatic nitrogens is 2. The average Bonchev–Trinajstić information content (AvgIpc) is 2.82. The molecule has 1 aliphatic carbocycles. The van der Waals surface area contributed by atoms with Gasteiger partial charge in [-0.05, 0) is 43.4 Å². The van der Waals surface area contributed by atoms with E-state index in [2.05, 4.69) is 9.55 Å². The highest BCUT2D eigenvalue weighted by molar-refractivity contribution is 6.32. The van der Waals surface area contributed by atoms with Gasteiger partial charge in [0, 0.05) is 11.6 Å². The third kappa shape index (κ3) is 2.04. The van der Waals surface area contributed by atoms with E-state index in [0.717, 1.165) is 29.1 Å². The molecule has 3 rings (SSSR count). The molecule has 94 valence electrons. The number of nitrogens with zero attached hydrogens (tertiary/aromatic N) is 2. The Morgan fingerprint density at radius 3 is 2.83 bits per heavy atom. The molecule has 1 heterocycles. The van der Waals surface area contributed by atoms with Crippen molar-refractivity contribution in [1.82, 2.24) is 9.55 Å². The molecule has 0 atom stereocenters. The van der Waals surface area contributed by atoms with Crippen molar-refractivity contribution in [1.29, 1.82) is 0 Å². The summed E-state index contributed by atoms with van der Waals surface area (Å²) < 4.78 is 2.12. The van der Waals surface area contributed by atoms with Crippen molar-refractivity contribution in [2.24, 2.45) is 0 Å². The van der Waals surface area contributed by atoms with E-state index in [-0.39, 0.29) is 0 Å². The summed E-state index contributed by atoms with van der Waals surface area (Å²) in [6.45, 7) is 0. The summed E-state index contributed by atoms with van der Waals surface area (Å²) in [6, 6.07) is 5.97. The smallest absolute Gasteiger partial charge is 0.0998 e. The number of halogens is 2. The number of alkyl halides is 1. The lowest BCUT2D eigenvalue weighted by molar-refractivity contribution is 0.656. The third-order valence-electron chi connectivity index (χ3n) is 3.46. The summed E-state index contributed by atoms with van der Waals surface area (Å²) in [4.78, 5) is 4.50. The molecule has 0 unspecified atom stereocenters. The Labute approximate surface area is 117 Å². The van der Waals surface area contributed by atoms with Gasteiger partial charge in [0.25, 0.3) is 0 Å². The predicted molar refractivity (Wildman–Crippen MR) is 74.8 cm³/mol. The fourth-order valence-electron chi connectivity index (χ4n) is 2.51. The van der Waals surface area contributed by atoms with Gasteiger partial charge in [0.15, 0.2) is 0 Å². The minimum Gasteiger partial charge on any atom is -0.301 e. The molecule has 1 aromatic carbocycles. The summed E-state index contributed by atoms with van der Waals surface area (Å²) in [5.74, 6) is 0.488. The Morgan fingerprint density at radius 1 is 1.22 bits per heavy atom. The van der Waals surface area contributed by atoms with Gasteiger partial charge in [-0.25, -0.2) is 4.98 Å². The molecule has 0 N–H and O–H groups in total. The van der Waals surface area contributed by atoms with Gasteiger partial charge in [-0.3, -0.25) is 0 Å². The van der Waals surface area contributed by atoms with Crippen molar-refractivity contribution in [2.45, 2.75) is 31.6 Å². The molecule has 2 aromatic rings. The molecule has 4 heteroatoms. The molecule has 0 aliphatic heterocycles. The minimum absolute atomic E-state index is 0.488. The number of hydrogen-bond acceptors (Lipinski definition) is 1. The molecular weight excluding hydrogens is 267 g/mol. The molecular formula is C14H14Cl2N2. The molecule has 0 saturated carbocycles. The number of aryl methyl sites for hydroxylation is 1. The van der Waals surface area contributed by atoms with E-state index in [1.807, 2.05) is 24.5 Å². The molecule has 0 fully saturated rings. The van der Waals surface area contributed by atoms with E-state index in [0.29, 0.717) is 5.88 Å². The number of hydrogen-bond donors (Lipinski definition) is 0. The molecule has 0 bridgehead atoms. The van der Waals surface area contributed by atoms with Crippen LogP contribution in [0.2, 0.25) is 5.02 Å². The predicted octanol–water partition coefficient (Wildman–Crippen LogP) is 4.14. The number of rotatable bonds is 2. The van der Waals surface area contributed by atoms with Crippen LogP contribution in [0.3, 0.4) is 0 Å². The highest BCUT2D eigenvalue weighted by Crippen LogP contribution is 2.28. The maximum absolute atomic E-state index is 6.33. The van der Waals surface area contributed by atoms with Crippen LogP contribution < -0.4 is 0 Å². The normalized spacial score (nSPS) is 14.6. The van der Waals surface area contributed by atoms with Crippen molar-refractivity contribution in [2.75, 3.05) is 0 Å². The zero-order valence-corrected chi connectivity index (χ0v) is 11.5. The fraction of sp³-hybridized carbons (Fsp3) is 0.357. The summed E-state index contributed by atoms with van der Waals surface area (Å²) in [5.41, 5.74) is 4.57.